The summed E-state index contributed by atoms with van der Waals surface area (Å²) < 4.78 is 5.85. The van der Waals surface area contributed by atoms with Crippen LogP contribution in [0.4, 0.5) is 0 Å². The average molecular weight is 303 g/mol. The Balaban J connectivity index is 2.15. The lowest BCUT2D eigenvalue weighted by Crippen LogP contribution is -2.00. The lowest BCUT2D eigenvalue weighted by Gasteiger charge is -2.15. The van der Waals surface area contributed by atoms with Crippen molar-refractivity contribution in [2.45, 2.75) is 32.8 Å². The summed E-state index contributed by atoms with van der Waals surface area (Å²) >= 11 is 6.33. The third-order valence-corrected chi connectivity index (χ3v) is 3.78. The number of benzene rings is 2. The first-order chi connectivity index (χ1) is 10.1. The molecule has 110 valence electrons. The highest BCUT2D eigenvalue weighted by Gasteiger charge is 2.12. The van der Waals surface area contributed by atoms with Crippen LogP contribution in [0.1, 0.15) is 36.0 Å². The van der Waals surface area contributed by atoms with Gasteiger partial charge in [-0.25, -0.2) is 0 Å². The highest BCUT2D eigenvalue weighted by atomic mass is 35.5. The number of rotatable bonds is 6. The van der Waals surface area contributed by atoms with Gasteiger partial charge in [-0.2, -0.15) is 0 Å². The number of hydrogen-bond acceptors (Lipinski definition) is 2. The predicted molar refractivity (Wildman–Crippen MR) is 86.1 cm³/mol. The fourth-order valence-corrected chi connectivity index (χ4v) is 2.56. The molecule has 0 spiro atoms. The molecule has 2 aromatic carbocycles. The summed E-state index contributed by atoms with van der Waals surface area (Å²) in [5.41, 5.74) is 3.16. The van der Waals surface area contributed by atoms with Crippen LogP contribution in [0.15, 0.2) is 42.5 Å². The highest BCUT2D eigenvalue weighted by molar-refractivity contribution is 6.32. The van der Waals surface area contributed by atoms with E-state index in [1.54, 1.807) is 0 Å². The van der Waals surface area contributed by atoms with E-state index in [0.29, 0.717) is 23.8 Å². The maximum absolute atomic E-state index is 10.6. The van der Waals surface area contributed by atoms with E-state index in [-0.39, 0.29) is 5.92 Å². The van der Waals surface area contributed by atoms with Gasteiger partial charge < -0.3 is 9.53 Å². The highest BCUT2D eigenvalue weighted by Crippen LogP contribution is 2.33. The number of ether oxygens (including phenoxy) is 1. The van der Waals surface area contributed by atoms with Crippen LogP contribution in [0, 0.1) is 6.92 Å². The molecule has 1 unspecified atom stereocenters. The van der Waals surface area contributed by atoms with Gasteiger partial charge in [-0.3, -0.25) is 0 Å². The summed E-state index contributed by atoms with van der Waals surface area (Å²) in [6.45, 7) is 4.48. The van der Waals surface area contributed by atoms with Crippen molar-refractivity contribution in [2.24, 2.45) is 0 Å². The monoisotopic (exact) mass is 302 g/mol. The molecular weight excluding hydrogens is 284 g/mol. The first-order valence-corrected chi connectivity index (χ1v) is 7.40. The van der Waals surface area contributed by atoms with Gasteiger partial charge in [-0.05, 0) is 35.6 Å². The first-order valence-electron chi connectivity index (χ1n) is 7.02. The smallest absolute Gasteiger partial charge is 0.141 e. The van der Waals surface area contributed by atoms with E-state index >= 15 is 0 Å². The van der Waals surface area contributed by atoms with Crippen molar-refractivity contribution < 1.29 is 9.53 Å². The van der Waals surface area contributed by atoms with Crippen molar-refractivity contribution in [1.82, 2.24) is 0 Å². The Morgan fingerprint density at radius 2 is 1.95 bits per heavy atom. The minimum atomic E-state index is 0.168. The maximum Gasteiger partial charge on any atom is 0.141 e. The molecule has 0 aliphatic heterocycles. The molecule has 0 saturated heterocycles. The molecule has 0 N–H and O–H groups in total. The van der Waals surface area contributed by atoms with Gasteiger partial charge in [0.15, 0.2) is 0 Å². The summed E-state index contributed by atoms with van der Waals surface area (Å²) in [5.74, 6) is 0.879. The van der Waals surface area contributed by atoms with E-state index in [0.717, 1.165) is 23.0 Å². The zero-order chi connectivity index (χ0) is 15.2. The van der Waals surface area contributed by atoms with E-state index in [9.17, 15) is 4.79 Å². The minimum absolute atomic E-state index is 0.168. The van der Waals surface area contributed by atoms with Crippen LogP contribution < -0.4 is 4.74 Å². The summed E-state index contributed by atoms with van der Waals surface area (Å²) in [6.07, 6.45) is 1.44. The molecule has 2 rings (SSSR count). The molecule has 0 aromatic heterocycles. The van der Waals surface area contributed by atoms with Crippen LogP contribution in [0.2, 0.25) is 5.02 Å². The van der Waals surface area contributed by atoms with Gasteiger partial charge in [0, 0.05) is 6.42 Å². The molecule has 0 heterocycles. The normalized spacial score (nSPS) is 12.0. The number of aryl methyl sites for hydroxylation is 1. The molecule has 0 radical (unpaired) electrons. The van der Waals surface area contributed by atoms with Gasteiger partial charge in [-0.15, -0.1) is 0 Å². The standard InChI is InChI=1S/C18H19ClO2/c1-13(8-9-20)16-10-14(2)18(17(19)11-16)21-12-15-6-4-3-5-7-15/h3-7,9-11,13H,8,12H2,1-2H3. The van der Waals surface area contributed by atoms with Crippen LogP contribution in [-0.2, 0) is 11.4 Å². The first kappa shape index (κ1) is 15.6. The van der Waals surface area contributed by atoms with E-state index < -0.39 is 0 Å². The van der Waals surface area contributed by atoms with Gasteiger partial charge >= 0.3 is 0 Å². The van der Waals surface area contributed by atoms with Gasteiger partial charge in [-0.1, -0.05) is 54.9 Å². The van der Waals surface area contributed by atoms with Gasteiger partial charge in [0.1, 0.15) is 18.6 Å². The summed E-state index contributed by atoms with van der Waals surface area (Å²) in [6, 6.07) is 13.9. The molecule has 21 heavy (non-hydrogen) atoms. The third kappa shape index (κ3) is 4.08. The number of carbonyl (C=O) groups excluding carboxylic acids is 1. The van der Waals surface area contributed by atoms with Crippen LogP contribution in [0.3, 0.4) is 0 Å². The lowest BCUT2D eigenvalue weighted by molar-refractivity contribution is -0.108. The Morgan fingerprint density at radius 1 is 1.24 bits per heavy atom. The minimum Gasteiger partial charge on any atom is -0.487 e. The van der Waals surface area contributed by atoms with E-state index in [4.69, 9.17) is 16.3 Å². The second-order valence-corrected chi connectivity index (χ2v) is 5.63. The summed E-state index contributed by atoms with van der Waals surface area (Å²) in [5, 5.41) is 0.596. The Kier molecular flexibility index (Phi) is 5.40. The van der Waals surface area contributed by atoms with E-state index in [1.165, 1.54) is 0 Å². The van der Waals surface area contributed by atoms with Crippen LogP contribution in [-0.4, -0.2) is 6.29 Å². The van der Waals surface area contributed by atoms with Crippen molar-refractivity contribution in [3.8, 4) is 5.75 Å². The van der Waals surface area contributed by atoms with Gasteiger partial charge in [0.05, 0.1) is 5.02 Å². The van der Waals surface area contributed by atoms with Crippen molar-refractivity contribution in [2.75, 3.05) is 0 Å². The second-order valence-electron chi connectivity index (χ2n) is 5.23. The SMILES string of the molecule is Cc1cc(C(C)CC=O)cc(Cl)c1OCc1ccccc1. The van der Waals surface area contributed by atoms with Crippen LogP contribution >= 0.6 is 11.6 Å². The van der Waals surface area contributed by atoms with E-state index in [2.05, 4.69) is 0 Å². The Hall–Kier alpha value is -1.80. The average Bonchev–Trinajstić information content (AvgIpc) is 2.47. The topological polar surface area (TPSA) is 26.3 Å². The lowest BCUT2D eigenvalue weighted by atomic mass is 9.96. The Bertz CT molecular complexity index is 585. The number of carbonyl (C=O) groups is 1. The van der Waals surface area contributed by atoms with Crippen molar-refractivity contribution >= 4 is 17.9 Å². The zero-order valence-electron chi connectivity index (χ0n) is 12.3. The van der Waals surface area contributed by atoms with Crippen molar-refractivity contribution in [1.29, 1.82) is 0 Å². The number of hydrogen-bond donors (Lipinski definition) is 0. The molecule has 0 fully saturated rings. The molecule has 0 aliphatic rings. The molecule has 0 amide bonds. The Morgan fingerprint density at radius 3 is 2.57 bits per heavy atom. The molecular formula is C18H19ClO2. The number of aldehydes is 1. The molecule has 3 heteroatoms. The largest absolute Gasteiger partial charge is 0.487 e. The molecule has 0 bridgehead atoms. The molecule has 0 saturated carbocycles. The third-order valence-electron chi connectivity index (χ3n) is 3.50. The number of halogens is 1. The predicted octanol–water partition coefficient (Wildman–Crippen LogP) is 4.92. The fraction of sp³-hybridized carbons (Fsp3) is 0.278. The summed E-state index contributed by atoms with van der Waals surface area (Å²) in [4.78, 5) is 10.6. The zero-order valence-corrected chi connectivity index (χ0v) is 13.1. The molecule has 2 aromatic rings. The van der Waals surface area contributed by atoms with Crippen LogP contribution in [0.5, 0.6) is 5.75 Å². The van der Waals surface area contributed by atoms with Crippen molar-refractivity contribution in [3.63, 3.8) is 0 Å². The van der Waals surface area contributed by atoms with Crippen LogP contribution in [0.25, 0.3) is 0 Å². The fourth-order valence-electron chi connectivity index (χ4n) is 2.23. The quantitative estimate of drug-likeness (QED) is 0.708. The molecule has 2 nitrogen and oxygen atoms in total. The molecule has 1 atom stereocenters. The van der Waals surface area contributed by atoms with Gasteiger partial charge in [0.2, 0.25) is 0 Å². The Labute approximate surface area is 130 Å². The van der Waals surface area contributed by atoms with Crippen molar-refractivity contribution in [3.05, 3.63) is 64.2 Å². The maximum atomic E-state index is 10.6. The molecule has 0 aliphatic carbocycles. The van der Waals surface area contributed by atoms with Gasteiger partial charge in [0.25, 0.3) is 0 Å². The van der Waals surface area contributed by atoms with E-state index in [1.807, 2.05) is 56.3 Å². The summed E-state index contributed by atoms with van der Waals surface area (Å²) in [7, 11) is 0. The second kappa shape index (κ2) is 7.28.